The summed E-state index contributed by atoms with van der Waals surface area (Å²) in [5.41, 5.74) is -0.439. The quantitative estimate of drug-likeness (QED) is 0.783. The Kier molecular flexibility index (Phi) is 2.43. The molecule has 16 heavy (non-hydrogen) atoms. The Hall–Kier alpha value is -1.82. The van der Waals surface area contributed by atoms with Crippen molar-refractivity contribution in [2.24, 2.45) is 0 Å². The highest BCUT2D eigenvalue weighted by Gasteiger charge is 2.20. The summed E-state index contributed by atoms with van der Waals surface area (Å²) in [6.45, 7) is 1.49. The molecule has 0 bridgehead atoms. The van der Waals surface area contributed by atoms with E-state index >= 15 is 0 Å². The molecular formula is C10H9NO4S. The summed E-state index contributed by atoms with van der Waals surface area (Å²) in [5.74, 6) is 0. The van der Waals surface area contributed by atoms with Crippen LogP contribution in [0.15, 0.2) is 50.6 Å². The summed E-state index contributed by atoms with van der Waals surface area (Å²) in [4.78, 5) is 11.0. The van der Waals surface area contributed by atoms with Gasteiger partial charge < -0.3 is 4.52 Å². The molecule has 0 aliphatic carbocycles. The molecule has 2 aromatic rings. The molecule has 0 aliphatic heterocycles. The second kappa shape index (κ2) is 3.64. The zero-order valence-corrected chi connectivity index (χ0v) is 9.27. The summed E-state index contributed by atoms with van der Waals surface area (Å²) in [7, 11) is -3.80. The third kappa shape index (κ3) is 1.67. The van der Waals surface area contributed by atoms with Crippen LogP contribution in [0.3, 0.4) is 0 Å². The van der Waals surface area contributed by atoms with Gasteiger partial charge in [0, 0.05) is 6.07 Å². The van der Waals surface area contributed by atoms with Gasteiger partial charge in [-0.3, -0.25) is 0 Å². The van der Waals surface area contributed by atoms with E-state index in [1.54, 1.807) is 18.2 Å². The summed E-state index contributed by atoms with van der Waals surface area (Å²) < 4.78 is 29.2. The predicted molar refractivity (Wildman–Crippen MR) is 56.7 cm³/mol. The number of hydrogen-bond acceptors (Lipinski definition) is 4. The van der Waals surface area contributed by atoms with E-state index in [2.05, 4.69) is 4.52 Å². The monoisotopic (exact) mass is 239 g/mol. The van der Waals surface area contributed by atoms with Crippen LogP contribution in [0.1, 0.15) is 5.69 Å². The van der Waals surface area contributed by atoms with Gasteiger partial charge in [-0.25, -0.2) is 4.79 Å². The first kappa shape index (κ1) is 10.7. The van der Waals surface area contributed by atoms with Crippen LogP contribution in [0.25, 0.3) is 0 Å². The minimum Gasteiger partial charge on any atom is -0.321 e. The number of rotatable bonds is 2. The SMILES string of the molecule is Cc1cc(=O)on1S(=O)(=O)c1ccccc1. The number of nitrogens with zero attached hydrogens (tertiary/aromatic N) is 1. The fourth-order valence-electron chi connectivity index (χ4n) is 1.33. The van der Waals surface area contributed by atoms with E-state index in [0.717, 1.165) is 6.07 Å². The maximum atomic E-state index is 12.0. The third-order valence-corrected chi connectivity index (χ3v) is 3.71. The van der Waals surface area contributed by atoms with Gasteiger partial charge in [-0.15, -0.1) is 0 Å². The normalized spacial score (nSPS) is 11.6. The van der Waals surface area contributed by atoms with Crippen molar-refractivity contribution in [2.45, 2.75) is 11.8 Å². The van der Waals surface area contributed by atoms with Gasteiger partial charge in [0.25, 0.3) is 10.0 Å². The van der Waals surface area contributed by atoms with E-state index in [1.807, 2.05) is 0 Å². The van der Waals surface area contributed by atoms with Crippen molar-refractivity contribution < 1.29 is 12.9 Å². The lowest BCUT2D eigenvalue weighted by Crippen LogP contribution is -2.13. The van der Waals surface area contributed by atoms with E-state index in [9.17, 15) is 13.2 Å². The zero-order valence-electron chi connectivity index (χ0n) is 8.45. The Balaban J connectivity index is 2.65. The average Bonchev–Trinajstić information content (AvgIpc) is 2.60. The largest absolute Gasteiger partial charge is 0.359 e. The van der Waals surface area contributed by atoms with E-state index in [1.165, 1.54) is 19.1 Å². The van der Waals surface area contributed by atoms with E-state index < -0.39 is 15.6 Å². The molecule has 5 nitrogen and oxygen atoms in total. The second-order valence-corrected chi connectivity index (χ2v) is 4.99. The van der Waals surface area contributed by atoms with Crippen molar-refractivity contribution in [2.75, 3.05) is 0 Å². The van der Waals surface area contributed by atoms with Crippen molar-refractivity contribution in [3.8, 4) is 0 Å². The molecule has 0 fully saturated rings. The van der Waals surface area contributed by atoms with Gasteiger partial charge >= 0.3 is 5.63 Å². The first-order chi connectivity index (χ1) is 7.51. The van der Waals surface area contributed by atoms with Gasteiger partial charge in [-0.05, 0) is 19.1 Å². The van der Waals surface area contributed by atoms with Gasteiger partial charge in [-0.1, -0.05) is 22.3 Å². The molecule has 0 unspecified atom stereocenters. The van der Waals surface area contributed by atoms with Crippen molar-refractivity contribution in [3.63, 3.8) is 0 Å². The van der Waals surface area contributed by atoms with E-state index in [4.69, 9.17) is 0 Å². The lowest BCUT2D eigenvalue weighted by Gasteiger charge is -2.04. The van der Waals surface area contributed by atoms with Gasteiger partial charge in [0.05, 0.1) is 10.6 Å². The number of aromatic nitrogens is 1. The van der Waals surface area contributed by atoms with Crippen molar-refractivity contribution >= 4 is 10.0 Å². The number of benzene rings is 1. The first-order valence-electron chi connectivity index (χ1n) is 4.52. The van der Waals surface area contributed by atoms with Gasteiger partial charge in [0.15, 0.2) is 0 Å². The van der Waals surface area contributed by atoms with E-state index in [0.29, 0.717) is 4.15 Å². The smallest absolute Gasteiger partial charge is 0.321 e. The van der Waals surface area contributed by atoms with Gasteiger partial charge in [0.2, 0.25) is 0 Å². The summed E-state index contributed by atoms with van der Waals surface area (Å²) in [6, 6.07) is 8.91. The van der Waals surface area contributed by atoms with Crippen LogP contribution in [0.4, 0.5) is 0 Å². The molecule has 84 valence electrons. The molecule has 6 heteroatoms. The Labute approximate surface area is 92.0 Å². The molecule has 0 saturated heterocycles. The molecule has 0 saturated carbocycles. The van der Waals surface area contributed by atoms with Crippen molar-refractivity contribution in [3.05, 3.63) is 52.5 Å². The van der Waals surface area contributed by atoms with Crippen LogP contribution >= 0.6 is 0 Å². The van der Waals surface area contributed by atoms with Crippen molar-refractivity contribution in [1.29, 1.82) is 0 Å². The fourth-order valence-corrected chi connectivity index (χ4v) is 2.63. The molecule has 0 atom stereocenters. The molecule has 0 spiro atoms. The second-order valence-electron chi connectivity index (χ2n) is 3.24. The van der Waals surface area contributed by atoms with Crippen LogP contribution < -0.4 is 5.63 Å². The molecule has 1 aromatic heterocycles. The van der Waals surface area contributed by atoms with E-state index in [-0.39, 0.29) is 10.6 Å². The summed E-state index contributed by atoms with van der Waals surface area (Å²) >= 11 is 0. The van der Waals surface area contributed by atoms with Gasteiger partial charge in [-0.2, -0.15) is 8.42 Å². The Bertz CT molecular complexity index is 652. The third-order valence-electron chi connectivity index (χ3n) is 2.05. The summed E-state index contributed by atoms with van der Waals surface area (Å²) in [6.07, 6.45) is 0. The molecule has 0 amide bonds. The minimum atomic E-state index is -3.80. The van der Waals surface area contributed by atoms with Crippen LogP contribution in [0.2, 0.25) is 0 Å². The Morgan fingerprint density at radius 1 is 1.19 bits per heavy atom. The molecule has 0 N–H and O–H groups in total. The topological polar surface area (TPSA) is 69.3 Å². The molecule has 2 rings (SSSR count). The highest BCUT2D eigenvalue weighted by Crippen LogP contribution is 2.13. The molecule has 1 heterocycles. The Morgan fingerprint density at radius 3 is 2.31 bits per heavy atom. The zero-order chi connectivity index (χ0) is 11.8. The molecule has 0 aliphatic rings. The van der Waals surface area contributed by atoms with Crippen molar-refractivity contribution in [1.82, 2.24) is 4.15 Å². The highest BCUT2D eigenvalue weighted by atomic mass is 32.2. The summed E-state index contributed by atoms with van der Waals surface area (Å²) in [5, 5.41) is 0. The fraction of sp³-hybridized carbons (Fsp3) is 0.100. The predicted octanol–water partition coefficient (Wildman–Crippen LogP) is 0.987. The first-order valence-corrected chi connectivity index (χ1v) is 5.96. The maximum Gasteiger partial charge on any atom is 0.359 e. The average molecular weight is 239 g/mol. The Morgan fingerprint density at radius 2 is 1.81 bits per heavy atom. The molecule has 1 aromatic carbocycles. The van der Waals surface area contributed by atoms with Crippen LogP contribution in [0.5, 0.6) is 0 Å². The highest BCUT2D eigenvalue weighted by molar-refractivity contribution is 7.89. The lowest BCUT2D eigenvalue weighted by molar-refractivity contribution is 0.338. The van der Waals surface area contributed by atoms with Gasteiger partial charge in [0.1, 0.15) is 0 Å². The minimum absolute atomic E-state index is 0.0810. The standard InChI is InChI=1S/C10H9NO4S/c1-8-7-10(12)15-11(8)16(13,14)9-5-3-2-4-6-9/h2-7H,1H3. The maximum absolute atomic E-state index is 12.0. The number of hydrogen-bond donors (Lipinski definition) is 0. The van der Waals surface area contributed by atoms with Crippen LogP contribution in [0, 0.1) is 6.92 Å². The number of aryl methyl sites for hydroxylation is 1. The lowest BCUT2D eigenvalue weighted by atomic mass is 10.4. The molecule has 0 radical (unpaired) electrons. The molecular weight excluding hydrogens is 230 g/mol. The van der Waals surface area contributed by atoms with Crippen LogP contribution in [-0.2, 0) is 10.0 Å². The van der Waals surface area contributed by atoms with Crippen LogP contribution in [-0.4, -0.2) is 12.6 Å².